The Labute approximate surface area is 217 Å². The van der Waals surface area contributed by atoms with Gasteiger partial charge < -0.3 is 14.8 Å². The second-order valence-electron chi connectivity index (χ2n) is 7.26. The zero-order chi connectivity index (χ0) is 24.7. The largest absolute Gasteiger partial charge is 0.490 e. The van der Waals surface area contributed by atoms with E-state index < -0.39 is 5.91 Å². The molecule has 3 rings (SSSR count). The molecule has 0 heterocycles. The maximum absolute atomic E-state index is 12.7. The van der Waals surface area contributed by atoms with Crippen LogP contribution in [0, 0.1) is 18.3 Å². The molecule has 0 fully saturated rings. The first-order chi connectivity index (χ1) is 16.3. The van der Waals surface area contributed by atoms with E-state index in [1.54, 1.807) is 42.5 Å². The molecule has 0 spiro atoms. The Balaban J connectivity index is 1.85. The van der Waals surface area contributed by atoms with Crippen molar-refractivity contribution < 1.29 is 14.3 Å². The minimum Gasteiger partial charge on any atom is -0.490 e. The summed E-state index contributed by atoms with van der Waals surface area (Å²) in [5, 5.41) is 13.5. The van der Waals surface area contributed by atoms with Crippen molar-refractivity contribution >= 4 is 56.8 Å². The normalized spacial score (nSPS) is 11.0. The summed E-state index contributed by atoms with van der Waals surface area (Å²) in [6.07, 6.45) is 1.49. The summed E-state index contributed by atoms with van der Waals surface area (Å²) >= 11 is 15.5. The quantitative estimate of drug-likeness (QED) is 0.228. The first kappa shape index (κ1) is 25.6. The first-order valence-corrected chi connectivity index (χ1v) is 11.9. The summed E-state index contributed by atoms with van der Waals surface area (Å²) < 4.78 is 12.4. The van der Waals surface area contributed by atoms with Crippen LogP contribution in [0.1, 0.15) is 23.6 Å². The van der Waals surface area contributed by atoms with Crippen molar-refractivity contribution in [3.05, 3.63) is 91.4 Å². The molecule has 1 amide bonds. The highest BCUT2D eigenvalue weighted by Gasteiger charge is 2.15. The lowest BCUT2D eigenvalue weighted by atomic mass is 10.1. The Hall–Kier alpha value is -2.98. The summed E-state index contributed by atoms with van der Waals surface area (Å²) in [6, 6.07) is 18.0. The Bertz CT molecular complexity index is 1270. The Morgan fingerprint density at radius 1 is 1.09 bits per heavy atom. The van der Waals surface area contributed by atoms with Gasteiger partial charge in [-0.05, 0) is 88.9 Å². The number of rotatable bonds is 8. The summed E-state index contributed by atoms with van der Waals surface area (Å²) in [7, 11) is 0. The lowest BCUT2D eigenvalue weighted by Crippen LogP contribution is -2.14. The van der Waals surface area contributed by atoms with Crippen LogP contribution in [0.2, 0.25) is 10.0 Å². The highest BCUT2D eigenvalue weighted by atomic mass is 79.9. The fourth-order valence-electron chi connectivity index (χ4n) is 3.04. The number of hydrogen-bond donors (Lipinski definition) is 1. The fraction of sp³-hybridized carbons (Fsp3) is 0.154. The van der Waals surface area contributed by atoms with E-state index in [4.69, 9.17) is 32.7 Å². The van der Waals surface area contributed by atoms with Gasteiger partial charge in [-0.3, -0.25) is 4.79 Å². The Morgan fingerprint density at radius 2 is 1.79 bits per heavy atom. The maximum Gasteiger partial charge on any atom is 0.266 e. The lowest BCUT2D eigenvalue weighted by molar-refractivity contribution is -0.112. The second kappa shape index (κ2) is 11.9. The number of anilines is 1. The number of benzene rings is 3. The molecule has 0 aliphatic carbocycles. The van der Waals surface area contributed by atoms with Gasteiger partial charge in [0.05, 0.1) is 11.1 Å². The van der Waals surface area contributed by atoms with E-state index >= 15 is 0 Å². The number of carbonyl (C=O) groups excluding carboxylic acids is 1. The molecule has 0 unspecified atom stereocenters. The second-order valence-corrected chi connectivity index (χ2v) is 8.99. The van der Waals surface area contributed by atoms with Gasteiger partial charge in [0.15, 0.2) is 11.5 Å². The molecule has 1 N–H and O–H groups in total. The van der Waals surface area contributed by atoms with Gasteiger partial charge in [-0.15, -0.1) is 0 Å². The molecule has 0 saturated carbocycles. The van der Waals surface area contributed by atoms with Crippen LogP contribution in [0.25, 0.3) is 6.08 Å². The zero-order valence-corrected chi connectivity index (χ0v) is 21.6. The van der Waals surface area contributed by atoms with E-state index in [0.717, 1.165) is 11.1 Å². The molecule has 0 saturated heterocycles. The van der Waals surface area contributed by atoms with E-state index in [1.165, 1.54) is 6.08 Å². The molecule has 0 aromatic heterocycles. The molecule has 174 valence electrons. The van der Waals surface area contributed by atoms with E-state index in [9.17, 15) is 10.1 Å². The minimum atomic E-state index is -0.537. The highest BCUT2D eigenvalue weighted by molar-refractivity contribution is 9.10. The predicted molar refractivity (Wildman–Crippen MR) is 140 cm³/mol. The van der Waals surface area contributed by atoms with Crippen LogP contribution in [-0.4, -0.2) is 12.5 Å². The lowest BCUT2D eigenvalue weighted by Gasteiger charge is -2.15. The van der Waals surface area contributed by atoms with Crippen molar-refractivity contribution in [3.8, 4) is 17.6 Å². The zero-order valence-electron chi connectivity index (χ0n) is 18.5. The molecule has 0 aliphatic rings. The van der Waals surface area contributed by atoms with Crippen LogP contribution in [0.4, 0.5) is 5.69 Å². The number of nitriles is 1. The average Bonchev–Trinajstić information content (AvgIpc) is 2.80. The van der Waals surface area contributed by atoms with Crippen molar-refractivity contribution in [2.45, 2.75) is 20.5 Å². The van der Waals surface area contributed by atoms with Crippen LogP contribution < -0.4 is 14.8 Å². The van der Waals surface area contributed by atoms with Gasteiger partial charge in [-0.25, -0.2) is 0 Å². The van der Waals surface area contributed by atoms with Crippen molar-refractivity contribution in [1.82, 2.24) is 0 Å². The summed E-state index contributed by atoms with van der Waals surface area (Å²) in [5.41, 5.74) is 2.86. The molecule has 0 aliphatic heterocycles. The fourth-order valence-corrected chi connectivity index (χ4v) is 3.92. The SMILES string of the molecule is CCOc1cc(/C=C(\C#N)C(=O)Nc2cc(Cl)ccc2C)cc(Br)c1OCc1ccc(Cl)cc1. The number of nitrogens with zero attached hydrogens (tertiary/aromatic N) is 1. The molecule has 0 bridgehead atoms. The minimum absolute atomic E-state index is 0.0662. The molecule has 3 aromatic carbocycles. The van der Waals surface area contributed by atoms with Crippen LogP contribution in [0.5, 0.6) is 11.5 Å². The molecule has 0 atom stereocenters. The predicted octanol–water partition coefficient (Wildman–Crippen LogP) is 7.59. The van der Waals surface area contributed by atoms with Crippen molar-refractivity contribution in [2.24, 2.45) is 0 Å². The van der Waals surface area contributed by atoms with Gasteiger partial charge in [0.1, 0.15) is 18.2 Å². The van der Waals surface area contributed by atoms with Gasteiger partial charge in [0.25, 0.3) is 5.91 Å². The maximum atomic E-state index is 12.7. The third-order valence-electron chi connectivity index (χ3n) is 4.75. The monoisotopic (exact) mass is 558 g/mol. The topological polar surface area (TPSA) is 71.3 Å². The van der Waals surface area contributed by atoms with E-state index in [-0.39, 0.29) is 5.57 Å². The van der Waals surface area contributed by atoms with Crippen LogP contribution >= 0.6 is 39.1 Å². The molecular formula is C26H21BrCl2N2O3. The molecular weight excluding hydrogens is 539 g/mol. The number of carbonyl (C=O) groups is 1. The third kappa shape index (κ3) is 6.77. The third-order valence-corrected chi connectivity index (χ3v) is 5.83. The van der Waals surface area contributed by atoms with Gasteiger partial charge in [0, 0.05) is 15.7 Å². The van der Waals surface area contributed by atoms with Crippen molar-refractivity contribution in [2.75, 3.05) is 11.9 Å². The van der Waals surface area contributed by atoms with Crippen molar-refractivity contribution in [1.29, 1.82) is 5.26 Å². The van der Waals surface area contributed by atoms with Crippen LogP contribution in [-0.2, 0) is 11.4 Å². The summed E-state index contributed by atoms with van der Waals surface area (Å²) in [6.45, 7) is 4.43. The molecule has 5 nitrogen and oxygen atoms in total. The number of aryl methyl sites for hydroxylation is 1. The molecule has 3 aromatic rings. The number of halogens is 3. The van der Waals surface area contributed by atoms with E-state index in [2.05, 4.69) is 21.2 Å². The summed E-state index contributed by atoms with van der Waals surface area (Å²) in [4.78, 5) is 12.7. The van der Waals surface area contributed by atoms with E-state index in [1.807, 2.05) is 32.0 Å². The highest BCUT2D eigenvalue weighted by Crippen LogP contribution is 2.38. The van der Waals surface area contributed by atoms with Gasteiger partial charge in [0.2, 0.25) is 0 Å². The number of nitrogens with one attached hydrogen (secondary N) is 1. The van der Waals surface area contributed by atoms with Crippen molar-refractivity contribution in [3.63, 3.8) is 0 Å². The number of ether oxygens (including phenoxy) is 2. The Morgan fingerprint density at radius 3 is 2.47 bits per heavy atom. The molecule has 0 radical (unpaired) electrons. The van der Waals surface area contributed by atoms with Gasteiger partial charge >= 0.3 is 0 Å². The number of hydrogen-bond acceptors (Lipinski definition) is 4. The standard InChI is InChI=1S/C26H21BrCl2N2O3/c1-3-33-24-12-18(11-22(27)25(24)34-15-17-5-8-20(28)9-6-17)10-19(14-30)26(32)31-23-13-21(29)7-4-16(23)2/h4-13H,3,15H2,1-2H3,(H,31,32)/b19-10+. The number of amides is 1. The van der Waals surface area contributed by atoms with Crippen LogP contribution in [0.3, 0.4) is 0 Å². The van der Waals surface area contributed by atoms with Crippen LogP contribution in [0.15, 0.2) is 64.6 Å². The first-order valence-electron chi connectivity index (χ1n) is 10.3. The molecule has 8 heteroatoms. The smallest absolute Gasteiger partial charge is 0.266 e. The summed E-state index contributed by atoms with van der Waals surface area (Å²) in [5.74, 6) is 0.469. The van der Waals surface area contributed by atoms with Gasteiger partial charge in [-0.1, -0.05) is 41.4 Å². The van der Waals surface area contributed by atoms with E-state index in [0.29, 0.717) is 50.5 Å². The Kier molecular flexibility index (Phi) is 9.00. The average molecular weight is 560 g/mol. The molecule has 34 heavy (non-hydrogen) atoms. The van der Waals surface area contributed by atoms with Gasteiger partial charge in [-0.2, -0.15) is 5.26 Å².